The Morgan fingerprint density at radius 1 is 1.16 bits per heavy atom. The lowest BCUT2D eigenvalue weighted by Crippen LogP contribution is -2.07. The van der Waals surface area contributed by atoms with E-state index in [4.69, 9.17) is 23.2 Å². The van der Waals surface area contributed by atoms with Gasteiger partial charge in [-0.3, -0.25) is 4.79 Å². The number of ketones is 1. The zero-order valence-corrected chi connectivity index (χ0v) is 12.9. The van der Waals surface area contributed by atoms with Crippen LogP contribution in [0.15, 0.2) is 34.8 Å². The number of carbonyl (C=O) groups excluding carboxylic acids is 1. The van der Waals surface area contributed by atoms with E-state index < -0.39 is 11.6 Å². The molecule has 0 aliphatic heterocycles. The lowest BCUT2D eigenvalue weighted by atomic mass is 9.99. The van der Waals surface area contributed by atoms with E-state index in [1.165, 1.54) is 6.07 Å². The van der Waals surface area contributed by atoms with Crippen LogP contribution in [0, 0.1) is 12.7 Å². The second-order valence-electron chi connectivity index (χ2n) is 3.96. The fourth-order valence-electron chi connectivity index (χ4n) is 1.70. The maximum atomic E-state index is 14.0. The first-order valence-corrected chi connectivity index (χ1v) is 6.91. The fourth-order valence-corrected chi connectivity index (χ4v) is 2.35. The molecule has 0 aliphatic rings. The monoisotopic (exact) mass is 360 g/mol. The molecule has 1 nitrogen and oxygen atoms in total. The van der Waals surface area contributed by atoms with Crippen molar-refractivity contribution in [1.82, 2.24) is 0 Å². The van der Waals surface area contributed by atoms with Gasteiger partial charge in [0, 0.05) is 15.1 Å². The molecule has 0 heterocycles. The molecular weight excluding hydrogens is 354 g/mol. The largest absolute Gasteiger partial charge is 0.288 e. The molecule has 0 aliphatic carbocycles. The highest BCUT2D eigenvalue weighted by atomic mass is 79.9. The minimum atomic E-state index is -0.736. The van der Waals surface area contributed by atoms with Gasteiger partial charge in [0.2, 0.25) is 0 Å². The number of hydrogen-bond acceptors (Lipinski definition) is 1. The third kappa shape index (κ3) is 2.69. The molecule has 2 aromatic carbocycles. The molecule has 0 atom stereocenters. The summed E-state index contributed by atoms with van der Waals surface area (Å²) in [5, 5.41) is 0.361. The number of halogens is 4. The van der Waals surface area contributed by atoms with Crippen LogP contribution in [0.3, 0.4) is 0 Å². The summed E-state index contributed by atoms with van der Waals surface area (Å²) in [5.41, 5.74) is 0.913. The number of hydrogen-bond donors (Lipinski definition) is 0. The van der Waals surface area contributed by atoms with Gasteiger partial charge in [-0.05, 0) is 46.6 Å². The summed E-state index contributed by atoms with van der Waals surface area (Å²) in [6.07, 6.45) is 0. The average molecular weight is 362 g/mol. The lowest BCUT2D eigenvalue weighted by molar-refractivity contribution is 0.103. The molecule has 0 N–H and O–H groups in total. The molecular formula is C14H8BrCl2FO. The van der Waals surface area contributed by atoms with Crippen molar-refractivity contribution < 1.29 is 9.18 Å². The third-order valence-corrected chi connectivity index (χ3v) is 4.46. The number of rotatable bonds is 2. The molecule has 0 spiro atoms. The van der Waals surface area contributed by atoms with Crippen molar-refractivity contribution in [2.45, 2.75) is 6.92 Å². The molecule has 0 unspecified atom stereocenters. The first-order valence-electron chi connectivity index (χ1n) is 5.36. The van der Waals surface area contributed by atoms with E-state index in [1.54, 1.807) is 31.2 Å². The predicted molar refractivity (Wildman–Crippen MR) is 78.7 cm³/mol. The number of carbonyl (C=O) groups is 1. The summed E-state index contributed by atoms with van der Waals surface area (Å²) in [6.45, 7) is 1.72. The zero-order valence-electron chi connectivity index (χ0n) is 9.81. The smallest absolute Gasteiger partial charge is 0.196 e. The summed E-state index contributed by atoms with van der Waals surface area (Å²) < 4.78 is 14.4. The van der Waals surface area contributed by atoms with Crippen molar-refractivity contribution in [3.8, 4) is 0 Å². The van der Waals surface area contributed by atoms with E-state index in [0.717, 1.165) is 0 Å². The normalized spacial score (nSPS) is 10.6. The van der Waals surface area contributed by atoms with Gasteiger partial charge in [-0.15, -0.1) is 0 Å². The highest BCUT2D eigenvalue weighted by Crippen LogP contribution is 2.30. The molecule has 2 aromatic rings. The predicted octanol–water partition coefficient (Wildman–Crippen LogP) is 5.43. The van der Waals surface area contributed by atoms with Crippen LogP contribution in [-0.2, 0) is 0 Å². The summed E-state index contributed by atoms with van der Waals surface area (Å²) in [4.78, 5) is 12.3. The van der Waals surface area contributed by atoms with Gasteiger partial charge in [0.1, 0.15) is 0 Å². The molecule has 98 valence electrons. The Morgan fingerprint density at radius 2 is 1.84 bits per heavy atom. The van der Waals surface area contributed by atoms with Gasteiger partial charge >= 0.3 is 0 Å². The van der Waals surface area contributed by atoms with Crippen LogP contribution in [0.25, 0.3) is 0 Å². The topological polar surface area (TPSA) is 17.1 Å². The Morgan fingerprint density at radius 3 is 2.53 bits per heavy atom. The van der Waals surface area contributed by atoms with Crippen molar-refractivity contribution >= 4 is 44.9 Å². The van der Waals surface area contributed by atoms with Crippen molar-refractivity contribution in [3.05, 3.63) is 67.4 Å². The van der Waals surface area contributed by atoms with E-state index in [0.29, 0.717) is 20.6 Å². The Labute approximate surface area is 128 Å². The summed E-state index contributed by atoms with van der Waals surface area (Å²) in [5.74, 6) is -1.17. The maximum Gasteiger partial charge on any atom is 0.196 e. The molecule has 0 amide bonds. The Bertz CT molecular complexity index is 671. The van der Waals surface area contributed by atoms with Crippen LogP contribution < -0.4 is 0 Å². The van der Waals surface area contributed by atoms with Crippen LogP contribution in [0.4, 0.5) is 4.39 Å². The Kier molecular flexibility index (Phi) is 4.29. The Balaban J connectivity index is 2.57. The van der Waals surface area contributed by atoms with Gasteiger partial charge in [0.15, 0.2) is 11.6 Å². The average Bonchev–Trinajstić information content (AvgIpc) is 2.39. The van der Waals surface area contributed by atoms with Crippen LogP contribution in [-0.4, -0.2) is 5.78 Å². The molecule has 0 saturated carbocycles. The Hall–Kier alpha value is -0.900. The van der Waals surface area contributed by atoms with Gasteiger partial charge in [-0.1, -0.05) is 35.3 Å². The van der Waals surface area contributed by atoms with Crippen LogP contribution in [0.2, 0.25) is 10.0 Å². The summed E-state index contributed by atoms with van der Waals surface area (Å²) in [6, 6.07) is 7.88. The van der Waals surface area contributed by atoms with Gasteiger partial charge in [0.25, 0.3) is 0 Å². The second-order valence-corrected chi connectivity index (χ2v) is 5.60. The highest BCUT2D eigenvalue weighted by Gasteiger charge is 2.19. The SMILES string of the molecule is Cc1c(Cl)cccc1C(=O)c1ccc(Br)c(Cl)c1F. The van der Waals surface area contributed by atoms with Crippen LogP contribution >= 0.6 is 39.1 Å². The highest BCUT2D eigenvalue weighted by molar-refractivity contribution is 9.10. The first-order chi connectivity index (χ1) is 8.93. The lowest BCUT2D eigenvalue weighted by Gasteiger charge is -2.08. The van der Waals surface area contributed by atoms with E-state index >= 15 is 0 Å². The van der Waals surface area contributed by atoms with Gasteiger partial charge < -0.3 is 0 Å². The van der Waals surface area contributed by atoms with Crippen molar-refractivity contribution in [2.75, 3.05) is 0 Å². The van der Waals surface area contributed by atoms with E-state index in [-0.39, 0.29) is 10.6 Å². The molecule has 2 rings (SSSR count). The third-order valence-electron chi connectivity index (χ3n) is 2.79. The van der Waals surface area contributed by atoms with Gasteiger partial charge in [-0.25, -0.2) is 4.39 Å². The van der Waals surface area contributed by atoms with E-state index in [1.807, 2.05) is 0 Å². The van der Waals surface area contributed by atoms with Gasteiger partial charge in [-0.2, -0.15) is 0 Å². The molecule has 0 fully saturated rings. The summed E-state index contributed by atoms with van der Waals surface area (Å²) in [7, 11) is 0. The fraction of sp³-hybridized carbons (Fsp3) is 0.0714. The van der Waals surface area contributed by atoms with E-state index in [2.05, 4.69) is 15.9 Å². The zero-order chi connectivity index (χ0) is 14.2. The number of benzene rings is 2. The van der Waals surface area contributed by atoms with Gasteiger partial charge in [0.05, 0.1) is 10.6 Å². The van der Waals surface area contributed by atoms with Crippen LogP contribution in [0.5, 0.6) is 0 Å². The minimum absolute atomic E-state index is 0.0708. The molecule has 5 heteroatoms. The molecule has 19 heavy (non-hydrogen) atoms. The first kappa shape index (κ1) is 14.5. The van der Waals surface area contributed by atoms with Crippen molar-refractivity contribution in [1.29, 1.82) is 0 Å². The van der Waals surface area contributed by atoms with E-state index in [9.17, 15) is 9.18 Å². The summed E-state index contributed by atoms with van der Waals surface area (Å²) >= 11 is 14.9. The molecule has 0 saturated heterocycles. The quantitative estimate of drug-likeness (QED) is 0.514. The molecule has 0 radical (unpaired) electrons. The van der Waals surface area contributed by atoms with Crippen molar-refractivity contribution in [2.24, 2.45) is 0 Å². The second kappa shape index (κ2) is 5.61. The van der Waals surface area contributed by atoms with Crippen LogP contribution in [0.1, 0.15) is 21.5 Å². The minimum Gasteiger partial charge on any atom is -0.288 e. The van der Waals surface area contributed by atoms with Crippen molar-refractivity contribution in [3.63, 3.8) is 0 Å². The standard InChI is InChI=1S/C14H8BrCl2FO/c1-7-8(3-2-4-11(7)16)14(19)9-5-6-10(15)12(17)13(9)18/h2-6H,1H3. The molecule has 0 aromatic heterocycles. The molecule has 0 bridgehead atoms. The maximum absolute atomic E-state index is 14.0.